The summed E-state index contributed by atoms with van der Waals surface area (Å²) in [4.78, 5) is 17.0. The van der Waals surface area contributed by atoms with Crippen LogP contribution < -0.4 is 5.56 Å². The lowest BCUT2D eigenvalue weighted by molar-refractivity contribution is 0.584. The largest absolute Gasteiger partial charge is 0.295 e. The highest BCUT2D eigenvalue weighted by Gasteiger charge is 2.20. The molecule has 2 heterocycles. The van der Waals surface area contributed by atoms with E-state index in [0.29, 0.717) is 5.56 Å². The van der Waals surface area contributed by atoms with Crippen molar-refractivity contribution in [3.8, 4) is 17.3 Å². The molecule has 1 aromatic carbocycles. The maximum Gasteiger partial charge on any atom is 0.276 e. The number of nitrogens with one attached hydrogen (secondary N) is 1. The van der Waals surface area contributed by atoms with Gasteiger partial charge in [0.25, 0.3) is 5.56 Å². The molecule has 0 aliphatic heterocycles. The predicted octanol–water partition coefficient (Wildman–Crippen LogP) is 2.96. The second-order valence-electron chi connectivity index (χ2n) is 5.45. The Morgan fingerprint density at radius 2 is 1.91 bits per heavy atom. The fraction of sp³-hybridized carbons (Fsp3) is 0.188. The number of benzene rings is 1. The molecule has 5 nitrogen and oxygen atoms in total. The minimum atomic E-state index is -0.758. The first-order chi connectivity index (χ1) is 10.9. The van der Waals surface area contributed by atoms with Gasteiger partial charge in [0.2, 0.25) is 0 Å². The van der Waals surface area contributed by atoms with Gasteiger partial charge in [-0.2, -0.15) is 5.26 Å². The molecule has 3 rings (SSSR count). The summed E-state index contributed by atoms with van der Waals surface area (Å²) in [5.74, 6) is -1.74. The number of H-pyrrole nitrogens is 1. The van der Waals surface area contributed by atoms with E-state index in [1.54, 1.807) is 13.8 Å². The number of aromatic amines is 1. The van der Waals surface area contributed by atoms with Crippen molar-refractivity contribution in [3.63, 3.8) is 0 Å². The zero-order valence-electron chi connectivity index (χ0n) is 12.4. The van der Waals surface area contributed by atoms with Crippen LogP contribution in [0.5, 0.6) is 0 Å². The summed E-state index contributed by atoms with van der Waals surface area (Å²) in [6, 6.07) is 4.91. The van der Waals surface area contributed by atoms with Crippen LogP contribution in [0.3, 0.4) is 0 Å². The van der Waals surface area contributed by atoms with Crippen molar-refractivity contribution in [2.75, 3.05) is 0 Å². The number of hydrogen-bond acceptors (Lipinski definition) is 3. The van der Waals surface area contributed by atoms with Crippen molar-refractivity contribution < 1.29 is 8.78 Å². The SMILES string of the molecule is CC(C)c1c(-c2cc(F)cc(F)c2)nc2c(C#N)c[nH]n2c1=O. The fourth-order valence-corrected chi connectivity index (χ4v) is 2.54. The summed E-state index contributed by atoms with van der Waals surface area (Å²) in [5, 5.41) is 11.8. The van der Waals surface area contributed by atoms with Gasteiger partial charge < -0.3 is 0 Å². The van der Waals surface area contributed by atoms with E-state index < -0.39 is 17.2 Å². The van der Waals surface area contributed by atoms with Crippen molar-refractivity contribution in [2.24, 2.45) is 0 Å². The molecule has 116 valence electrons. The summed E-state index contributed by atoms with van der Waals surface area (Å²) >= 11 is 0. The normalized spacial score (nSPS) is 11.1. The van der Waals surface area contributed by atoms with Gasteiger partial charge in [0.1, 0.15) is 23.3 Å². The number of hydrogen-bond donors (Lipinski definition) is 1. The average Bonchev–Trinajstić information content (AvgIpc) is 2.88. The number of nitrogens with zero attached hydrogens (tertiary/aromatic N) is 3. The molecule has 0 atom stereocenters. The molecule has 0 unspecified atom stereocenters. The van der Waals surface area contributed by atoms with Crippen LogP contribution in [0.4, 0.5) is 8.78 Å². The van der Waals surface area contributed by atoms with E-state index in [1.165, 1.54) is 6.20 Å². The Morgan fingerprint density at radius 3 is 2.48 bits per heavy atom. The summed E-state index contributed by atoms with van der Waals surface area (Å²) in [7, 11) is 0. The molecule has 23 heavy (non-hydrogen) atoms. The first-order valence-corrected chi connectivity index (χ1v) is 6.93. The minimum Gasteiger partial charge on any atom is -0.295 e. The number of rotatable bonds is 2. The third kappa shape index (κ3) is 2.38. The molecule has 0 spiro atoms. The lowest BCUT2D eigenvalue weighted by atomic mass is 9.98. The van der Waals surface area contributed by atoms with Crippen molar-refractivity contribution in [2.45, 2.75) is 19.8 Å². The van der Waals surface area contributed by atoms with Crippen molar-refractivity contribution in [1.82, 2.24) is 14.6 Å². The average molecular weight is 314 g/mol. The molecule has 0 saturated carbocycles. The lowest BCUT2D eigenvalue weighted by Gasteiger charge is -2.12. The molecule has 0 saturated heterocycles. The van der Waals surface area contributed by atoms with Gasteiger partial charge in [-0.05, 0) is 18.1 Å². The van der Waals surface area contributed by atoms with E-state index in [0.717, 1.165) is 22.7 Å². The summed E-state index contributed by atoms with van der Waals surface area (Å²) in [5.41, 5.74) is 0.567. The monoisotopic (exact) mass is 314 g/mol. The van der Waals surface area contributed by atoms with E-state index in [-0.39, 0.29) is 28.4 Å². The standard InChI is InChI=1S/C16H12F2N4O/c1-8(2)13-14(9-3-11(17)5-12(18)4-9)21-15-10(6-19)7-20-22(15)16(13)23/h3-5,7-8,20H,1-2H3. The summed E-state index contributed by atoms with van der Waals surface area (Å²) in [6.07, 6.45) is 1.36. The highest BCUT2D eigenvalue weighted by Crippen LogP contribution is 2.27. The maximum atomic E-state index is 13.5. The Hall–Kier alpha value is -3.01. The third-order valence-electron chi connectivity index (χ3n) is 3.53. The molecule has 0 amide bonds. The second kappa shape index (κ2) is 5.32. The molecule has 3 aromatic rings. The molecule has 7 heteroatoms. The van der Waals surface area contributed by atoms with Crippen LogP contribution >= 0.6 is 0 Å². The Kier molecular flexibility index (Phi) is 3.45. The molecule has 2 aromatic heterocycles. The molecule has 1 N–H and O–H groups in total. The molecule has 0 aliphatic carbocycles. The maximum absolute atomic E-state index is 13.5. The number of fused-ring (bicyclic) bond motifs is 1. The Balaban J connectivity index is 2.45. The van der Waals surface area contributed by atoms with Gasteiger partial charge in [-0.3, -0.25) is 9.89 Å². The van der Waals surface area contributed by atoms with Gasteiger partial charge in [-0.1, -0.05) is 13.8 Å². The molecule has 0 radical (unpaired) electrons. The van der Waals surface area contributed by atoms with Crippen LogP contribution in [-0.2, 0) is 0 Å². The zero-order valence-corrected chi connectivity index (χ0v) is 12.4. The van der Waals surface area contributed by atoms with E-state index >= 15 is 0 Å². The highest BCUT2D eigenvalue weighted by molar-refractivity contribution is 5.68. The van der Waals surface area contributed by atoms with Crippen LogP contribution in [0.15, 0.2) is 29.2 Å². The van der Waals surface area contributed by atoms with E-state index in [2.05, 4.69) is 10.1 Å². The van der Waals surface area contributed by atoms with Crippen molar-refractivity contribution >= 4 is 5.65 Å². The fourth-order valence-electron chi connectivity index (χ4n) is 2.54. The van der Waals surface area contributed by atoms with Gasteiger partial charge in [-0.25, -0.2) is 18.3 Å². The Morgan fingerprint density at radius 1 is 1.26 bits per heavy atom. The number of nitriles is 1. The highest BCUT2D eigenvalue weighted by atomic mass is 19.1. The molecule has 0 fully saturated rings. The van der Waals surface area contributed by atoms with Gasteiger partial charge in [-0.15, -0.1) is 0 Å². The van der Waals surface area contributed by atoms with Gasteiger partial charge in [0.15, 0.2) is 5.65 Å². The van der Waals surface area contributed by atoms with Gasteiger partial charge >= 0.3 is 0 Å². The lowest BCUT2D eigenvalue weighted by Crippen LogP contribution is -2.22. The van der Waals surface area contributed by atoms with E-state index in [9.17, 15) is 13.6 Å². The number of aromatic nitrogens is 3. The molecule has 0 aliphatic rings. The van der Waals surface area contributed by atoms with Crippen molar-refractivity contribution in [1.29, 1.82) is 5.26 Å². The van der Waals surface area contributed by atoms with Crippen LogP contribution in [0, 0.1) is 23.0 Å². The van der Waals surface area contributed by atoms with E-state index in [1.807, 2.05) is 6.07 Å². The summed E-state index contributed by atoms with van der Waals surface area (Å²) < 4.78 is 28.2. The first kappa shape index (κ1) is 14.9. The third-order valence-corrected chi connectivity index (χ3v) is 3.53. The predicted molar refractivity (Wildman–Crippen MR) is 80.0 cm³/mol. The van der Waals surface area contributed by atoms with Crippen LogP contribution in [0.1, 0.15) is 30.9 Å². The first-order valence-electron chi connectivity index (χ1n) is 6.93. The number of halogens is 2. The molecular formula is C16H12F2N4O. The molecular weight excluding hydrogens is 302 g/mol. The Labute approximate surface area is 129 Å². The minimum absolute atomic E-state index is 0.126. The van der Waals surface area contributed by atoms with Gasteiger partial charge in [0, 0.05) is 23.4 Å². The van der Waals surface area contributed by atoms with Crippen LogP contribution in [-0.4, -0.2) is 14.6 Å². The second-order valence-corrected chi connectivity index (χ2v) is 5.45. The summed E-state index contributed by atoms with van der Waals surface area (Å²) in [6.45, 7) is 3.58. The zero-order chi connectivity index (χ0) is 16.7. The smallest absolute Gasteiger partial charge is 0.276 e. The van der Waals surface area contributed by atoms with Gasteiger partial charge in [0.05, 0.1) is 5.69 Å². The Bertz CT molecular complexity index is 991. The quantitative estimate of drug-likeness (QED) is 0.790. The molecule has 0 bridgehead atoms. The van der Waals surface area contributed by atoms with Crippen LogP contribution in [0.2, 0.25) is 0 Å². The van der Waals surface area contributed by atoms with Crippen molar-refractivity contribution in [3.05, 3.63) is 57.5 Å². The topological polar surface area (TPSA) is 73.9 Å². The van der Waals surface area contributed by atoms with Crippen LogP contribution in [0.25, 0.3) is 16.9 Å². The van der Waals surface area contributed by atoms with E-state index in [4.69, 9.17) is 5.26 Å².